The molecule has 2 atom stereocenters. The summed E-state index contributed by atoms with van der Waals surface area (Å²) in [5.41, 5.74) is 1.86. The van der Waals surface area contributed by atoms with E-state index in [0.29, 0.717) is 27.8 Å². The van der Waals surface area contributed by atoms with Crippen LogP contribution in [-0.4, -0.2) is 36.6 Å². The fraction of sp³-hybridized carbons (Fsp3) is 0.208. The lowest BCUT2D eigenvalue weighted by Gasteiger charge is -2.38. The third kappa shape index (κ3) is 5.40. The van der Waals surface area contributed by atoms with E-state index in [4.69, 9.17) is 16.3 Å². The lowest BCUT2D eigenvalue weighted by molar-refractivity contribution is -0.120. The topological polar surface area (TPSA) is 83.6 Å². The number of hydrogen-bond donors (Lipinski definition) is 2. The number of nitrogens with zero attached hydrogens (tertiary/aromatic N) is 2. The number of urea groups is 1. The van der Waals surface area contributed by atoms with Crippen LogP contribution in [-0.2, 0) is 4.79 Å². The summed E-state index contributed by atoms with van der Waals surface area (Å²) in [5.74, 6) is -0.251. The third-order valence-electron chi connectivity index (χ3n) is 5.49. The molecule has 2 N–H and O–H groups in total. The van der Waals surface area contributed by atoms with E-state index in [2.05, 4.69) is 15.6 Å². The highest BCUT2D eigenvalue weighted by atomic mass is 35.5. The fourth-order valence-corrected chi connectivity index (χ4v) is 3.91. The van der Waals surface area contributed by atoms with Gasteiger partial charge in [-0.05, 0) is 60.7 Å². The summed E-state index contributed by atoms with van der Waals surface area (Å²) in [6.07, 6.45) is 1.66. The van der Waals surface area contributed by atoms with Crippen LogP contribution in [0.2, 0.25) is 5.02 Å². The summed E-state index contributed by atoms with van der Waals surface area (Å²) in [6.45, 7) is 0.273. The molecule has 9 heteroatoms. The molecule has 0 spiro atoms. The van der Waals surface area contributed by atoms with Crippen LogP contribution < -0.4 is 20.3 Å². The van der Waals surface area contributed by atoms with Gasteiger partial charge in [-0.1, -0.05) is 11.6 Å². The first kappa shape index (κ1) is 22.5. The second-order valence-electron chi connectivity index (χ2n) is 7.63. The Labute approximate surface area is 195 Å². The molecule has 1 aliphatic heterocycles. The molecule has 2 aromatic carbocycles. The summed E-state index contributed by atoms with van der Waals surface area (Å²) in [7, 11) is 1.55. The van der Waals surface area contributed by atoms with Crippen molar-refractivity contribution in [1.29, 1.82) is 0 Å². The van der Waals surface area contributed by atoms with Crippen LogP contribution in [0.5, 0.6) is 5.75 Å². The minimum atomic E-state index is -0.498. The number of nitrogens with one attached hydrogen (secondary N) is 2. The Balaban J connectivity index is 1.56. The van der Waals surface area contributed by atoms with Crippen LogP contribution in [0.3, 0.4) is 0 Å². The van der Waals surface area contributed by atoms with Gasteiger partial charge in [0.1, 0.15) is 11.6 Å². The first-order valence-corrected chi connectivity index (χ1v) is 10.7. The molecule has 3 aromatic rings. The van der Waals surface area contributed by atoms with Gasteiger partial charge >= 0.3 is 6.03 Å². The van der Waals surface area contributed by atoms with Gasteiger partial charge in [0, 0.05) is 47.0 Å². The zero-order valence-corrected chi connectivity index (χ0v) is 18.6. The second kappa shape index (κ2) is 9.87. The number of benzene rings is 2. The predicted molar refractivity (Wildman–Crippen MR) is 124 cm³/mol. The minimum Gasteiger partial charge on any atom is -0.495 e. The largest absolute Gasteiger partial charge is 0.495 e. The molecule has 1 saturated heterocycles. The van der Waals surface area contributed by atoms with Gasteiger partial charge in [0.2, 0.25) is 5.91 Å². The standard InChI is InChI=1S/C24H22ClFN4O3/c1-33-19-10-11-21(27-13-19)20-14-30(18-8-4-16(26)5-9-18)23(31)12-22(20)29-24(32)28-17-6-2-15(25)3-7-17/h2-11,13,20,22H,12,14H2,1H3,(H2,28,29,32). The van der Waals surface area contributed by atoms with Gasteiger partial charge in [0.15, 0.2) is 0 Å². The molecular weight excluding hydrogens is 447 g/mol. The molecule has 1 fully saturated rings. The van der Waals surface area contributed by atoms with Crippen molar-refractivity contribution in [2.75, 3.05) is 23.9 Å². The van der Waals surface area contributed by atoms with Gasteiger partial charge in [-0.25, -0.2) is 9.18 Å². The smallest absolute Gasteiger partial charge is 0.319 e. The minimum absolute atomic E-state index is 0.0593. The van der Waals surface area contributed by atoms with Crippen LogP contribution in [0.1, 0.15) is 18.0 Å². The average molecular weight is 469 g/mol. The highest BCUT2D eigenvalue weighted by Gasteiger charge is 2.37. The van der Waals surface area contributed by atoms with Crippen molar-refractivity contribution in [1.82, 2.24) is 10.3 Å². The van der Waals surface area contributed by atoms with E-state index in [1.165, 1.54) is 12.1 Å². The van der Waals surface area contributed by atoms with Gasteiger partial charge in [0.25, 0.3) is 0 Å². The number of aromatic nitrogens is 1. The molecule has 7 nitrogen and oxygen atoms in total. The molecule has 2 unspecified atom stereocenters. The highest BCUT2D eigenvalue weighted by molar-refractivity contribution is 6.30. The van der Waals surface area contributed by atoms with E-state index in [0.717, 1.165) is 0 Å². The van der Waals surface area contributed by atoms with E-state index >= 15 is 0 Å². The number of anilines is 2. The van der Waals surface area contributed by atoms with Crippen molar-refractivity contribution >= 4 is 34.9 Å². The van der Waals surface area contributed by atoms with E-state index in [1.807, 2.05) is 6.07 Å². The maximum absolute atomic E-state index is 13.4. The van der Waals surface area contributed by atoms with Crippen LogP contribution in [0.4, 0.5) is 20.6 Å². The van der Waals surface area contributed by atoms with Crippen LogP contribution in [0, 0.1) is 5.82 Å². The quantitative estimate of drug-likeness (QED) is 0.573. The Hall–Kier alpha value is -3.65. The molecule has 3 amide bonds. The van der Waals surface area contributed by atoms with Crippen molar-refractivity contribution in [3.63, 3.8) is 0 Å². The zero-order chi connectivity index (χ0) is 23.4. The second-order valence-corrected chi connectivity index (χ2v) is 8.06. The molecule has 0 bridgehead atoms. The lowest BCUT2D eigenvalue weighted by Crippen LogP contribution is -2.53. The normalized spacial score (nSPS) is 18.0. The summed E-state index contributed by atoms with van der Waals surface area (Å²) in [6, 6.07) is 15.1. The lowest BCUT2D eigenvalue weighted by atomic mass is 9.88. The fourth-order valence-electron chi connectivity index (χ4n) is 3.79. The molecule has 170 valence electrons. The summed E-state index contributed by atoms with van der Waals surface area (Å²) >= 11 is 5.89. The molecule has 33 heavy (non-hydrogen) atoms. The van der Waals surface area contributed by atoms with E-state index < -0.39 is 12.1 Å². The number of hydrogen-bond acceptors (Lipinski definition) is 4. The Kier molecular flexibility index (Phi) is 6.74. The molecule has 1 aromatic heterocycles. The number of carbonyl (C=O) groups excluding carboxylic acids is 2. The molecule has 0 saturated carbocycles. The van der Waals surface area contributed by atoms with E-state index in [1.54, 1.807) is 60.7 Å². The number of halogens is 2. The molecule has 2 heterocycles. The van der Waals surface area contributed by atoms with Gasteiger partial charge in [-0.15, -0.1) is 0 Å². The predicted octanol–water partition coefficient (Wildman–Crippen LogP) is 4.59. The van der Waals surface area contributed by atoms with Crippen molar-refractivity contribution in [3.8, 4) is 5.75 Å². The number of methoxy groups -OCH3 is 1. The Morgan fingerprint density at radius 1 is 1.12 bits per heavy atom. The van der Waals surface area contributed by atoms with Crippen molar-refractivity contribution in [2.45, 2.75) is 18.4 Å². The van der Waals surface area contributed by atoms with Crippen LogP contribution in [0.25, 0.3) is 0 Å². The number of carbonyl (C=O) groups is 2. The van der Waals surface area contributed by atoms with Crippen molar-refractivity contribution < 1.29 is 18.7 Å². The number of amides is 3. The first-order chi connectivity index (χ1) is 15.9. The van der Waals surface area contributed by atoms with E-state index in [9.17, 15) is 14.0 Å². The van der Waals surface area contributed by atoms with E-state index in [-0.39, 0.29) is 30.6 Å². The van der Waals surface area contributed by atoms with Crippen molar-refractivity contribution in [3.05, 3.63) is 83.4 Å². The first-order valence-electron chi connectivity index (χ1n) is 10.3. The SMILES string of the molecule is COc1ccc(C2CN(c3ccc(F)cc3)C(=O)CC2NC(=O)Nc2ccc(Cl)cc2)nc1. The molecule has 1 aliphatic rings. The summed E-state index contributed by atoms with van der Waals surface area (Å²) in [5, 5.41) is 6.22. The zero-order valence-electron chi connectivity index (χ0n) is 17.8. The molecular formula is C24H22ClFN4O3. The highest BCUT2D eigenvalue weighted by Crippen LogP contribution is 2.31. The van der Waals surface area contributed by atoms with Crippen molar-refractivity contribution in [2.24, 2.45) is 0 Å². The Morgan fingerprint density at radius 3 is 2.48 bits per heavy atom. The average Bonchev–Trinajstić information content (AvgIpc) is 2.81. The molecule has 0 aliphatic carbocycles. The summed E-state index contributed by atoms with van der Waals surface area (Å²) < 4.78 is 18.6. The third-order valence-corrected chi connectivity index (χ3v) is 5.74. The molecule has 0 radical (unpaired) electrons. The maximum Gasteiger partial charge on any atom is 0.319 e. The number of rotatable bonds is 5. The van der Waals surface area contributed by atoms with Gasteiger partial charge in [-0.3, -0.25) is 9.78 Å². The maximum atomic E-state index is 13.4. The Morgan fingerprint density at radius 2 is 1.85 bits per heavy atom. The van der Waals surface area contributed by atoms with Gasteiger partial charge in [0.05, 0.1) is 13.3 Å². The number of ether oxygens (including phenoxy) is 1. The van der Waals surface area contributed by atoms with Gasteiger partial charge in [-0.2, -0.15) is 0 Å². The van der Waals surface area contributed by atoms with Crippen LogP contribution in [0.15, 0.2) is 66.9 Å². The monoisotopic (exact) mass is 468 g/mol. The van der Waals surface area contributed by atoms with Gasteiger partial charge < -0.3 is 20.3 Å². The summed E-state index contributed by atoms with van der Waals surface area (Å²) in [4.78, 5) is 31.7. The molecule has 4 rings (SSSR count). The van der Waals surface area contributed by atoms with Crippen LogP contribution >= 0.6 is 11.6 Å². The number of piperidine rings is 1. The Bertz CT molecular complexity index is 1120. The number of pyridine rings is 1.